The van der Waals surface area contributed by atoms with Crippen LogP contribution in [0.5, 0.6) is 0 Å². The quantitative estimate of drug-likeness (QED) is 0.738. The third kappa shape index (κ3) is 4.49. The van der Waals surface area contributed by atoms with Crippen molar-refractivity contribution >= 4 is 5.91 Å². The molecule has 0 aromatic carbocycles. The van der Waals surface area contributed by atoms with E-state index < -0.39 is 0 Å². The smallest absolute Gasteiger partial charge is 0.236 e. The van der Waals surface area contributed by atoms with Crippen LogP contribution in [0.3, 0.4) is 0 Å². The summed E-state index contributed by atoms with van der Waals surface area (Å²) in [7, 11) is 4.07. The van der Waals surface area contributed by atoms with Gasteiger partial charge in [-0.2, -0.15) is 0 Å². The minimum absolute atomic E-state index is 0.204. The lowest BCUT2D eigenvalue weighted by molar-refractivity contribution is -0.129. The molecule has 0 radical (unpaired) electrons. The van der Waals surface area contributed by atoms with E-state index in [9.17, 15) is 4.79 Å². The van der Waals surface area contributed by atoms with Crippen molar-refractivity contribution in [1.82, 2.24) is 15.1 Å². The molecule has 0 saturated carbocycles. The fourth-order valence-corrected chi connectivity index (χ4v) is 2.28. The number of carbonyl (C=O) groups excluding carboxylic acids is 1. The van der Waals surface area contributed by atoms with Crippen LogP contribution in [0.2, 0.25) is 0 Å². The Morgan fingerprint density at radius 1 is 1.56 bits per heavy atom. The normalized spacial score (nSPS) is 22.1. The number of hydrogen-bond donors (Lipinski definition) is 1. The molecule has 1 unspecified atom stereocenters. The van der Waals surface area contributed by atoms with Crippen LogP contribution in [-0.4, -0.2) is 62.5 Å². The van der Waals surface area contributed by atoms with Crippen molar-refractivity contribution in [2.24, 2.45) is 5.92 Å². The number of carbonyl (C=O) groups is 1. The molecule has 1 aliphatic rings. The molecule has 16 heavy (non-hydrogen) atoms. The highest BCUT2D eigenvalue weighted by atomic mass is 16.2. The molecular weight excluding hydrogens is 202 g/mol. The van der Waals surface area contributed by atoms with Crippen molar-refractivity contribution in [2.75, 3.05) is 46.8 Å². The summed E-state index contributed by atoms with van der Waals surface area (Å²) in [6, 6.07) is 0. The summed E-state index contributed by atoms with van der Waals surface area (Å²) in [5, 5.41) is 3.07. The van der Waals surface area contributed by atoms with E-state index >= 15 is 0 Å². The minimum atomic E-state index is 0.204. The molecule has 1 aliphatic heterocycles. The van der Waals surface area contributed by atoms with Gasteiger partial charge in [0, 0.05) is 20.1 Å². The molecule has 4 heteroatoms. The molecule has 0 aliphatic carbocycles. The molecule has 1 amide bonds. The third-order valence-corrected chi connectivity index (χ3v) is 3.21. The molecule has 0 bridgehead atoms. The Hall–Kier alpha value is -0.610. The molecule has 1 atom stereocenters. The Morgan fingerprint density at radius 3 is 2.94 bits per heavy atom. The van der Waals surface area contributed by atoms with Crippen LogP contribution in [0.4, 0.5) is 0 Å². The van der Waals surface area contributed by atoms with E-state index in [1.807, 2.05) is 18.9 Å². The summed E-state index contributed by atoms with van der Waals surface area (Å²) in [6.45, 7) is 6.56. The van der Waals surface area contributed by atoms with Crippen LogP contribution in [0.1, 0.15) is 19.8 Å². The number of rotatable bonds is 5. The lowest BCUT2D eigenvalue weighted by atomic mass is 9.98. The van der Waals surface area contributed by atoms with Gasteiger partial charge in [-0.05, 0) is 38.9 Å². The Labute approximate surface area is 99.0 Å². The van der Waals surface area contributed by atoms with E-state index in [4.69, 9.17) is 0 Å². The second kappa shape index (κ2) is 6.86. The number of likely N-dealkylation sites (tertiary alicyclic amines) is 1. The van der Waals surface area contributed by atoms with Crippen molar-refractivity contribution in [3.05, 3.63) is 0 Å². The predicted octanol–water partition coefficient (Wildman–Crippen LogP) is 0.396. The Bertz CT molecular complexity index is 220. The van der Waals surface area contributed by atoms with Gasteiger partial charge in [-0.15, -0.1) is 0 Å². The summed E-state index contributed by atoms with van der Waals surface area (Å²) in [5.74, 6) is 0.851. The Morgan fingerprint density at radius 2 is 2.31 bits per heavy atom. The first-order chi connectivity index (χ1) is 7.63. The largest absolute Gasteiger partial charge is 0.344 e. The van der Waals surface area contributed by atoms with E-state index in [1.54, 1.807) is 0 Å². The number of amides is 1. The highest BCUT2D eigenvalue weighted by Crippen LogP contribution is 2.15. The van der Waals surface area contributed by atoms with E-state index in [1.165, 1.54) is 19.4 Å². The summed E-state index contributed by atoms with van der Waals surface area (Å²) in [4.78, 5) is 15.9. The summed E-state index contributed by atoms with van der Waals surface area (Å²) in [5.41, 5.74) is 0. The van der Waals surface area contributed by atoms with Crippen molar-refractivity contribution in [2.45, 2.75) is 19.8 Å². The van der Waals surface area contributed by atoms with Crippen LogP contribution in [0.15, 0.2) is 0 Å². The monoisotopic (exact) mass is 227 g/mol. The maximum Gasteiger partial charge on any atom is 0.236 e. The van der Waals surface area contributed by atoms with Gasteiger partial charge < -0.3 is 15.1 Å². The van der Waals surface area contributed by atoms with Gasteiger partial charge in [-0.25, -0.2) is 0 Å². The predicted molar refractivity (Wildman–Crippen MR) is 66.4 cm³/mol. The molecular formula is C12H25N3O. The molecule has 1 heterocycles. The van der Waals surface area contributed by atoms with Crippen LogP contribution in [0.25, 0.3) is 0 Å². The van der Waals surface area contributed by atoms with Gasteiger partial charge in [-0.1, -0.05) is 6.92 Å². The molecule has 94 valence electrons. The van der Waals surface area contributed by atoms with Gasteiger partial charge in [0.15, 0.2) is 0 Å². The first-order valence-electron chi connectivity index (χ1n) is 6.26. The van der Waals surface area contributed by atoms with Crippen LogP contribution in [0, 0.1) is 5.92 Å². The SMILES string of the molecule is CCNCC(=O)N(C)CC1CCCN(C)C1. The van der Waals surface area contributed by atoms with E-state index in [-0.39, 0.29) is 5.91 Å². The van der Waals surface area contributed by atoms with Gasteiger partial charge in [-0.3, -0.25) is 4.79 Å². The van der Waals surface area contributed by atoms with Crippen molar-refractivity contribution in [1.29, 1.82) is 0 Å². The maximum absolute atomic E-state index is 11.7. The van der Waals surface area contributed by atoms with Gasteiger partial charge >= 0.3 is 0 Å². The maximum atomic E-state index is 11.7. The highest BCUT2D eigenvalue weighted by molar-refractivity contribution is 5.77. The lowest BCUT2D eigenvalue weighted by Crippen LogP contribution is -2.42. The molecule has 0 spiro atoms. The molecule has 1 rings (SSSR count). The highest BCUT2D eigenvalue weighted by Gasteiger charge is 2.20. The van der Waals surface area contributed by atoms with Gasteiger partial charge in [0.1, 0.15) is 0 Å². The third-order valence-electron chi connectivity index (χ3n) is 3.21. The van der Waals surface area contributed by atoms with Crippen LogP contribution in [-0.2, 0) is 4.79 Å². The molecule has 1 fully saturated rings. The number of nitrogens with one attached hydrogen (secondary N) is 1. The molecule has 1 saturated heterocycles. The van der Waals surface area contributed by atoms with Crippen molar-refractivity contribution < 1.29 is 4.79 Å². The number of hydrogen-bond acceptors (Lipinski definition) is 3. The van der Waals surface area contributed by atoms with Gasteiger partial charge in [0.05, 0.1) is 6.54 Å². The van der Waals surface area contributed by atoms with Crippen LogP contribution >= 0.6 is 0 Å². The second-order valence-corrected chi connectivity index (χ2v) is 4.83. The Kier molecular flexibility index (Phi) is 5.77. The zero-order chi connectivity index (χ0) is 12.0. The van der Waals surface area contributed by atoms with E-state index in [2.05, 4.69) is 17.3 Å². The average Bonchev–Trinajstić information content (AvgIpc) is 2.25. The first kappa shape index (κ1) is 13.5. The van der Waals surface area contributed by atoms with Gasteiger partial charge in [0.25, 0.3) is 0 Å². The molecule has 4 nitrogen and oxygen atoms in total. The fourth-order valence-electron chi connectivity index (χ4n) is 2.28. The van der Waals surface area contributed by atoms with E-state index in [0.29, 0.717) is 12.5 Å². The molecule has 0 aromatic rings. The standard InChI is InChI=1S/C12H25N3O/c1-4-13-8-12(16)15(3)10-11-6-5-7-14(2)9-11/h11,13H,4-10H2,1-3H3. The minimum Gasteiger partial charge on any atom is -0.344 e. The number of likely N-dealkylation sites (N-methyl/N-ethyl adjacent to an activating group) is 2. The molecule has 0 aromatic heterocycles. The number of piperidine rings is 1. The summed E-state index contributed by atoms with van der Waals surface area (Å²) in [6.07, 6.45) is 2.51. The van der Waals surface area contributed by atoms with Crippen molar-refractivity contribution in [3.8, 4) is 0 Å². The van der Waals surface area contributed by atoms with Crippen LogP contribution < -0.4 is 5.32 Å². The second-order valence-electron chi connectivity index (χ2n) is 4.83. The molecule has 1 N–H and O–H groups in total. The van der Waals surface area contributed by atoms with Crippen molar-refractivity contribution in [3.63, 3.8) is 0 Å². The van der Waals surface area contributed by atoms with E-state index in [0.717, 1.165) is 19.6 Å². The Balaban J connectivity index is 2.26. The zero-order valence-corrected chi connectivity index (χ0v) is 10.8. The first-order valence-corrected chi connectivity index (χ1v) is 6.26. The summed E-state index contributed by atoms with van der Waals surface area (Å²) >= 11 is 0. The topological polar surface area (TPSA) is 35.6 Å². The summed E-state index contributed by atoms with van der Waals surface area (Å²) < 4.78 is 0. The fraction of sp³-hybridized carbons (Fsp3) is 0.917. The van der Waals surface area contributed by atoms with Gasteiger partial charge in [0.2, 0.25) is 5.91 Å². The lowest BCUT2D eigenvalue weighted by Gasteiger charge is -2.32. The average molecular weight is 227 g/mol. The number of nitrogens with zero attached hydrogens (tertiary/aromatic N) is 2. The zero-order valence-electron chi connectivity index (χ0n) is 10.8.